The summed E-state index contributed by atoms with van der Waals surface area (Å²) >= 11 is 7.14. The molecule has 0 rings (SSSR count). The SMILES string of the molecule is O=C(O)CC(S)C(=O)NS. The molecule has 0 radical (unpaired) electrons. The van der Waals surface area contributed by atoms with E-state index >= 15 is 0 Å². The average Bonchev–Trinajstić information content (AvgIpc) is 1.85. The molecule has 0 saturated heterocycles. The van der Waals surface area contributed by atoms with Crippen LogP contribution in [0.25, 0.3) is 0 Å². The maximum atomic E-state index is 10.5. The molecule has 58 valence electrons. The second kappa shape index (κ2) is 4.45. The summed E-state index contributed by atoms with van der Waals surface area (Å²) in [6.07, 6.45) is -0.296. The summed E-state index contributed by atoms with van der Waals surface area (Å²) in [5, 5.41) is 7.35. The molecule has 10 heavy (non-hydrogen) atoms. The third-order valence-electron chi connectivity index (χ3n) is 0.781. The number of aliphatic carboxylic acids is 1. The van der Waals surface area contributed by atoms with Gasteiger partial charge in [0, 0.05) is 0 Å². The van der Waals surface area contributed by atoms with Gasteiger partial charge in [-0.2, -0.15) is 12.6 Å². The lowest BCUT2D eigenvalue weighted by Crippen LogP contribution is -2.26. The highest BCUT2D eigenvalue weighted by Crippen LogP contribution is 2.00. The van der Waals surface area contributed by atoms with E-state index in [0.29, 0.717) is 0 Å². The van der Waals surface area contributed by atoms with Crippen molar-refractivity contribution in [3.8, 4) is 0 Å². The zero-order valence-electron chi connectivity index (χ0n) is 4.94. The van der Waals surface area contributed by atoms with Gasteiger partial charge in [0.2, 0.25) is 5.91 Å². The van der Waals surface area contributed by atoms with Crippen LogP contribution in [0.3, 0.4) is 0 Å². The van der Waals surface area contributed by atoms with Crippen LogP contribution in [-0.2, 0) is 9.59 Å². The number of hydrogen-bond donors (Lipinski definition) is 4. The van der Waals surface area contributed by atoms with Gasteiger partial charge in [-0.1, -0.05) is 12.8 Å². The van der Waals surface area contributed by atoms with Gasteiger partial charge in [0.25, 0.3) is 0 Å². The highest BCUT2D eigenvalue weighted by atomic mass is 32.1. The molecule has 0 aromatic carbocycles. The molecule has 1 amide bonds. The predicted molar refractivity (Wildman–Crippen MR) is 42.2 cm³/mol. The molecular weight excluding hydrogens is 174 g/mol. The number of amides is 1. The van der Waals surface area contributed by atoms with Crippen LogP contribution >= 0.6 is 25.4 Å². The van der Waals surface area contributed by atoms with Gasteiger partial charge in [0.1, 0.15) is 0 Å². The fourth-order valence-electron chi connectivity index (χ4n) is 0.333. The van der Waals surface area contributed by atoms with Crippen LogP contribution in [0.1, 0.15) is 6.42 Å². The van der Waals surface area contributed by atoms with Gasteiger partial charge in [-0.25, -0.2) is 0 Å². The minimum Gasteiger partial charge on any atom is -0.481 e. The summed E-state index contributed by atoms with van der Waals surface area (Å²) in [6.45, 7) is 0. The lowest BCUT2D eigenvalue weighted by molar-refractivity contribution is -0.138. The van der Waals surface area contributed by atoms with Crippen molar-refractivity contribution in [3.63, 3.8) is 0 Å². The highest BCUT2D eigenvalue weighted by Gasteiger charge is 2.15. The van der Waals surface area contributed by atoms with Crippen LogP contribution in [0.15, 0.2) is 0 Å². The Labute approximate surface area is 68.9 Å². The molecular formula is C4H7NO3S2. The smallest absolute Gasteiger partial charge is 0.304 e. The molecule has 0 aromatic heterocycles. The predicted octanol–water partition coefficient (Wildman–Crippen LogP) is -0.279. The van der Waals surface area contributed by atoms with Crippen molar-refractivity contribution < 1.29 is 14.7 Å². The van der Waals surface area contributed by atoms with E-state index in [0.717, 1.165) is 0 Å². The Bertz CT molecular complexity index is 149. The lowest BCUT2D eigenvalue weighted by atomic mass is 10.3. The highest BCUT2D eigenvalue weighted by molar-refractivity contribution is 7.82. The van der Waals surface area contributed by atoms with E-state index in [1.807, 2.05) is 4.72 Å². The van der Waals surface area contributed by atoms with E-state index < -0.39 is 17.1 Å². The second-order valence-electron chi connectivity index (χ2n) is 1.59. The molecule has 1 atom stereocenters. The zero-order chi connectivity index (χ0) is 8.15. The standard InChI is InChI=1S/C4H7NO3S2/c6-3(7)1-2(9)4(8)5-10/h2,9-10H,1H2,(H,5,8)(H,6,7). The van der Waals surface area contributed by atoms with Crippen molar-refractivity contribution in [2.24, 2.45) is 0 Å². The van der Waals surface area contributed by atoms with Gasteiger partial charge >= 0.3 is 5.97 Å². The zero-order valence-corrected chi connectivity index (χ0v) is 6.73. The molecule has 0 bridgehead atoms. The molecule has 4 nitrogen and oxygen atoms in total. The first-order valence-corrected chi connectivity index (χ1v) is 3.38. The van der Waals surface area contributed by atoms with Gasteiger partial charge in [0.15, 0.2) is 0 Å². The summed E-state index contributed by atoms with van der Waals surface area (Å²) in [5.74, 6) is -1.56. The summed E-state index contributed by atoms with van der Waals surface area (Å²) in [6, 6.07) is 0. The molecule has 0 heterocycles. The minimum atomic E-state index is -1.06. The summed E-state index contributed by atoms with van der Waals surface area (Å²) < 4.78 is 1.99. The van der Waals surface area contributed by atoms with Gasteiger partial charge in [0.05, 0.1) is 11.7 Å². The summed E-state index contributed by atoms with van der Waals surface area (Å²) in [5.41, 5.74) is 0. The molecule has 2 N–H and O–H groups in total. The number of carboxylic acid groups (broad SMARTS) is 1. The molecule has 0 aromatic rings. The first-order valence-electron chi connectivity index (χ1n) is 2.41. The fraction of sp³-hybridized carbons (Fsp3) is 0.500. The monoisotopic (exact) mass is 181 g/mol. The Balaban J connectivity index is 3.72. The first-order chi connectivity index (χ1) is 4.57. The molecule has 0 saturated carbocycles. The third-order valence-corrected chi connectivity index (χ3v) is 1.42. The molecule has 6 heteroatoms. The van der Waals surface area contributed by atoms with Crippen LogP contribution < -0.4 is 4.72 Å². The first kappa shape index (κ1) is 9.64. The summed E-state index contributed by atoms with van der Waals surface area (Å²) in [7, 11) is 0. The molecule has 0 aliphatic heterocycles. The number of nitrogens with one attached hydrogen (secondary N) is 1. The number of carbonyl (C=O) groups excluding carboxylic acids is 1. The van der Waals surface area contributed by atoms with Crippen molar-refractivity contribution in [2.75, 3.05) is 0 Å². The van der Waals surface area contributed by atoms with Crippen LogP contribution in [0.4, 0.5) is 0 Å². The van der Waals surface area contributed by atoms with Crippen LogP contribution in [0.2, 0.25) is 0 Å². The average molecular weight is 181 g/mol. The van der Waals surface area contributed by atoms with Gasteiger partial charge < -0.3 is 9.83 Å². The number of hydrogen-bond acceptors (Lipinski definition) is 4. The lowest BCUT2D eigenvalue weighted by Gasteiger charge is -2.03. The summed E-state index contributed by atoms with van der Waals surface area (Å²) in [4.78, 5) is 20.5. The Kier molecular flexibility index (Phi) is 4.29. The Hall–Kier alpha value is -0.360. The Morgan fingerprint density at radius 1 is 1.60 bits per heavy atom. The van der Waals surface area contributed by atoms with E-state index in [2.05, 4.69) is 25.4 Å². The van der Waals surface area contributed by atoms with E-state index in [4.69, 9.17) is 5.11 Å². The van der Waals surface area contributed by atoms with Crippen LogP contribution in [-0.4, -0.2) is 22.2 Å². The topological polar surface area (TPSA) is 66.4 Å². The third kappa shape index (κ3) is 3.62. The molecule has 0 spiro atoms. The van der Waals surface area contributed by atoms with Gasteiger partial charge in [-0.15, -0.1) is 0 Å². The van der Waals surface area contributed by atoms with Gasteiger partial charge in [-0.05, 0) is 0 Å². The number of thiol groups is 2. The van der Waals surface area contributed by atoms with Crippen LogP contribution in [0.5, 0.6) is 0 Å². The maximum Gasteiger partial charge on any atom is 0.304 e. The molecule has 0 aliphatic rings. The van der Waals surface area contributed by atoms with Crippen LogP contribution in [0, 0.1) is 0 Å². The van der Waals surface area contributed by atoms with E-state index in [1.54, 1.807) is 0 Å². The fourth-order valence-corrected chi connectivity index (χ4v) is 0.811. The van der Waals surface area contributed by atoms with Gasteiger partial charge in [-0.3, -0.25) is 9.59 Å². The molecule has 0 aliphatic carbocycles. The van der Waals surface area contributed by atoms with E-state index in [9.17, 15) is 9.59 Å². The van der Waals surface area contributed by atoms with Crippen molar-refractivity contribution in [2.45, 2.75) is 11.7 Å². The number of carbonyl (C=O) groups is 2. The maximum absolute atomic E-state index is 10.5. The number of carboxylic acids is 1. The van der Waals surface area contributed by atoms with Crippen molar-refractivity contribution in [3.05, 3.63) is 0 Å². The van der Waals surface area contributed by atoms with Crippen molar-refractivity contribution in [1.82, 2.24) is 4.72 Å². The quantitative estimate of drug-likeness (QED) is 0.453. The minimum absolute atomic E-state index is 0.296. The Morgan fingerprint density at radius 3 is 2.40 bits per heavy atom. The second-order valence-corrected chi connectivity index (χ2v) is 2.44. The normalized spacial score (nSPS) is 12.2. The number of rotatable bonds is 3. The van der Waals surface area contributed by atoms with E-state index in [1.165, 1.54) is 0 Å². The van der Waals surface area contributed by atoms with E-state index in [-0.39, 0.29) is 6.42 Å². The Morgan fingerprint density at radius 2 is 2.10 bits per heavy atom. The molecule has 0 fully saturated rings. The van der Waals surface area contributed by atoms with Crippen molar-refractivity contribution in [1.29, 1.82) is 0 Å². The van der Waals surface area contributed by atoms with Crippen molar-refractivity contribution >= 4 is 37.3 Å². The largest absolute Gasteiger partial charge is 0.481 e. The molecule has 1 unspecified atom stereocenters.